The number of nitrogens with two attached hydrogens (primary N) is 1. The molecule has 1 aliphatic rings. The predicted octanol–water partition coefficient (Wildman–Crippen LogP) is 2.84. The van der Waals surface area contributed by atoms with Crippen molar-refractivity contribution in [2.24, 2.45) is 11.7 Å². The Balaban J connectivity index is 0.00000200. The number of hydrogen-bond donors (Lipinski definition) is 1. The monoisotopic (exact) mass is 319 g/mol. The molecule has 1 saturated heterocycles. The molecule has 0 radical (unpaired) electrons. The normalized spacial score (nSPS) is 23.1. The minimum atomic E-state index is -0.356. The van der Waals surface area contributed by atoms with Crippen LogP contribution in [0.4, 0.5) is 5.69 Å². The van der Waals surface area contributed by atoms with E-state index < -0.39 is 0 Å². The van der Waals surface area contributed by atoms with E-state index in [1.54, 1.807) is 12.1 Å². The molecular formula is C13H19Cl2N3O2. The Morgan fingerprint density at radius 1 is 1.55 bits per heavy atom. The van der Waals surface area contributed by atoms with Gasteiger partial charge in [0.25, 0.3) is 5.69 Å². The molecule has 2 N–H and O–H groups in total. The van der Waals surface area contributed by atoms with E-state index in [4.69, 9.17) is 17.3 Å². The lowest BCUT2D eigenvalue weighted by molar-refractivity contribution is -0.385. The van der Waals surface area contributed by atoms with Crippen LogP contribution in [-0.2, 0) is 6.54 Å². The molecular weight excluding hydrogens is 301 g/mol. The van der Waals surface area contributed by atoms with Gasteiger partial charge in [-0.05, 0) is 31.0 Å². The van der Waals surface area contributed by atoms with Crippen LogP contribution in [-0.4, -0.2) is 29.0 Å². The highest BCUT2D eigenvalue weighted by Crippen LogP contribution is 2.26. The molecule has 20 heavy (non-hydrogen) atoms. The maximum atomic E-state index is 11.0. The minimum Gasteiger partial charge on any atom is -0.327 e. The summed E-state index contributed by atoms with van der Waals surface area (Å²) in [7, 11) is 0. The van der Waals surface area contributed by atoms with Crippen molar-refractivity contribution in [3.63, 3.8) is 0 Å². The van der Waals surface area contributed by atoms with Gasteiger partial charge in [0.1, 0.15) is 0 Å². The van der Waals surface area contributed by atoms with Crippen LogP contribution >= 0.6 is 24.0 Å². The van der Waals surface area contributed by atoms with Gasteiger partial charge >= 0.3 is 0 Å². The number of likely N-dealkylation sites (tertiary alicyclic amines) is 1. The Hall–Kier alpha value is -0.880. The van der Waals surface area contributed by atoms with Gasteiger partial charge in [-0.1, -0.05) is 18.5 Å². The lowest BCUT2D eigenvalue weighted by Crippen LogP contribution is -2.45. The van der Waals surface area contributed by atoms with Crippen LogP contribution in [0.5, 0.6) is 0 Å². The third kappa shape index (κ3) is 4.06. The van der Waals surface area contributed by atoms with Crippen molar-refractivity contribution in [3.8, 4) is 0 Å². The first-order valence-corrected chi connectivity index (χ1v) is 6.76. The molecule has 1 aromatic rings. The summed E-state index contributed by atoms with van der Waals surface area (Å²) in [5.74, 6) is 0.409. The average Bonchev–Trinajstić information content (AvgIpc) is 2.33. The molecule has 1 fully saturated rings. The van der Waals surface area contributed by atoms with Gasteiger partial charge in [0.05, 0.1) is 4.92 Å². The lowest BCUT2D eigenvalue weighted by atomic mass is 9.94. The summed E-state index contributed by atoms with van der Waals surface area (Å²) in [5.41, 5.74) is 6.78. The highest BCUT2D eigenvalue weighted by atomic mass is 35.5. The first kappa shape index (κ1) is 17.2. The first-order valence-electron chi connectivity index (χ1n) is 6.38. The van der Waals surface area contributed by atoms with Crippen molar-refractivity contribution in [2.45, 2.75) is 25.9 Å². The van der Waals surface area contributed by atoms with Gasteiger partial charge in [0.2, 0.25) is 0 Å². The van der Waals surface area contributed by atoms with Crippen LogP contribution in [0, 0.1) is 16.0 Å². The van der Waals surface area contributed by atoms with E-state index in [0.717, 1.165) is 19.5 Å². The number of benzene rings is 1. The van der Waals surface area contributed by atoms with Crippen LogP contribution in [0.3, 0.4) is 0 Å². The van der Waals surface area contributed by atoms with Gasteiger partial charge in [0.15, 0.2) is 0 Å². The van der Waals surface area contributed by atoms with Crippen molar-refractivity contribution in [1.29, 1.82) is 0 Å². The lowest BCUT2D eigenvalue weighted by Gasteiger charge is -2.34. The van der Waals surface area contributed by atoms with Crippen LogP contribution < -0.4 is 5.73 Å². The van der Waals surface area contributed by atoms with E-state index >= 15 is 0 Å². The van der Waals surface area contributed by atoms with E-state index in [-0.39, 0.29) is 29.1 Å². The van der Waals surface area contributed by atoms with Crippen molar-refractivity contribution >= 4 is 29.7 Å². The summed E-state index contributed by atoms with van der Waals surface area (Å²) in [6.07, 6.45) is 0.926. The quantitative estimate of drug-likeness (QED) is 0.686. The van der Waals surface area contributed by atoms with Crippen LogP contribution in [0.25, 0.3) is 0 Å². The van der Waals surface area contributed by atoms with Crippen LogP contribution in [0.2, 0.25) is 5.02 Å². The second kappa shape index (κ2) is 7.22. The smallest absolute Gasteiger partial charge is 0.273 e. The maximum absolute atomic E-state index is 11.0. The van der Waals surface area contributed by atoms with E-state index in [2.05, 4.69) is 11.8 Å². The molecule has 1 heterocycles. The molecule has 1 aliphatic heterocycles. The number of halogens is 2. The molecule has 0 aromatic heterocycles. The Morgan fingerprint density at radius 3 is 2.85 bits per heavy atom. The molecule has 5 nitrogen and oxygen atoms in total. The first-order chi connectivity index (χ1) is 8.97. The summed E-state index contributed by atoms with van der Waals surface area (Å²) in [6, 6.07) is 4.93. The molecule has 0 saturated carbocycles. The largest absolute Gasteiger partial charge is 0.327 e. The number of piperidine rings is 1. The molecule has 1 aromatic carbocycles. The van der Waals surface area contributed by atoms with E-state index in [1.165, 1.54) is 6.07 Å². The number of rotatable bonds is 3. The molecule has 0 aliphatic carbocycles. The standard InChI is InChI=1S/C13H18ClN3O2.ClH/c1-9-7-16(5-4-12(9)15)8-10-6-11(14)2-3-13(10)17(18)19;/h2-3,6,9,12H,4-5,7-8,15H2,1H3;1H. The highest BCUT2D eigenvalue weighted by molar-refractivity contribution is 6.30. The Bertz CT molecular complexity index is 485. The predicted molar refractivity (Wildman–Crippen MR) is 82.4 cm³/mol. The van der Waals surface area contributed by atoms with Crippen LogP contribution in [0.15, 0.2) is 18.2 Å². The number of nitrogens with zero attached hydrogens (tertiary/aromatic N) is 2. The third-order valence-corrected chi connectivity index (χ3v) is 3.92. The minimum absolute atomic E-state index is 0. The van der Waals surface area contributed by atoms with E-state index in [1.807, 2.05) is 0 Å². The zero-order valence-electron chi connectivity index (χ0n) is 11.3. The second-order valence-corrected chi connectivity index (χ2v) is 5.63. The SMILES string of the molecule is CC1CN(Cc2cc(Cl)ccc2[N+](=O)[O-])CCC1N.Cl. The van der Waals surface area contributed by atoms with Gasteiger partial charge in [0, 0.05) is 35.8 Å². The Labute approximate surface area is 129 Å². The topological polar surface area (TPSA) is 72.4 Å². The number of nitro benzene ring substituents is 1. The highest BCUT2D eigenvalue weighted by Gasteiger charge is 2.25. The number of nitro groups is 1. The van der Waals surface area contributed by atoms with Crippen LogP contribution in [0.1, 0.15) is 18.9 Å². The molecule has 0 spiro atoms. The molecule has 112 valence electrons. The molecule has 0 bridgehead atoms. The van der Waals surface area contributed by atoms with E-state index in [9.17, 15) is 10.1 Å². The Morgan fingerprint density at radius 2 is 2.25 bits per heavy atom. The van der Waals surface area contributed by atoms with Gasteiger partial charge in [-0.25, -0.2) is 0 Å². The summed E-state index contributed by atoms with van der Waals surface area (Å²) in [4.78, 5) is 12.9. The molecule has 2 atom stereocenters. The van der Waals surface area contributed by atoms with Gasteiger partial charge in [-0.3, -0.25) is 15.0 Å². The molecule has 7 heteroatoms. The van der Waals surface area contributed by atoms with Gasteiger partial charge in [-0.15, -0.1) is 12.4 Å². The number of hydrogen-bond acceptors (Lipinski definition) is 4. The summed E-state index contributed by atoms with van der Waals surface area (Å²) < 4.78 is 0. The Kier molecular flexibility index (Phi) is 6.20. The molecule has 2 rings (SSSR count). The van der Waals surface area contributed by atoms with Crippen molar-refractivity contribution in [2.75, 3.05) is 13.1 Å². The van der Waals surface area contributed by atoms with E-state index in [0.29, 0.717) is 23.0 Å². The van der Waals surface area contributed by atoms with Crippen molar-refractivity contribution in [3.05, 3.63) is 38.9 Å². The zero-order chi connectivity index (χ0) is 14.0. The second-order valence-electron chi connectivity index (χ2n) is 5.20. The van der Waals surface area contributed by atoms with Gasteiger partial charge in [-0.2, -0.15) is 0 Å². The fourth-order valence-corrected chi connectivity index (χ4v) is 2.69. The van der Waals surface area contributed by atoms with Crippen molar-refractivity contribution < 1.29 is 4.92 Å². The average molecular weight is 320 g/mol. The third-order valence-electron chi connectivity index (χ3n) is 3.69. The fourth-order valence-electron chi connectivity index (χ4n) is 2.49. The molecule has 2 unspecified atom stereocenters. The molecule has 0 amide bonds. The maximum Gasteiger partial charge on any atom is 0.273 e. The summed E-state index contributed by atoms with van der Waals surface area (Å²) in [6.45, 7) is 4.40. The summed E-state index contributed by atoms with van der Waals surface area (Å²) >= 11 is 5.93. The van der Waals surface area contributed by atoms with Crippen molar-refractivity contribution in [1.82, 2.24) is 4.90 Å². The zero-order valence-corrected chi connectivity index (χ0v) is 12.9. The van der Waals surface area contributed by atoms with Gasteiger partial charge < -0.3 is 5.73 Å². The summed E-state index contributed by atoms with van der Waals surface area (Å²) in [5, 5.41) is 11.5. The fraction of sp³-hybridized carbons (Fsp3) is 0.538.